The van der Waals surface area contributed by atoms with Crippen LogP contribution in [0, 0.1) is 0 Å². The number of hydrogen-bond acceptors (Lipinski definition) is 5. The van der Waals surface area contributed by atoms with E-state index in [2.05, 4.69) is 10.2 Å². The summed E-state index contributed by atoms with van der Waals surface area (Å²) in [5.41, 5.74) is 1.97. The van der Waals surface area contributed by atoms with E-state index in [1.165, 1.54) is 0 Å². The lowest BCUT2D eigenvalue weighted by atomic mass is 10.0. The van der Waals surface area contributed by atoms with Crippen LogP contribution in [0.3, 0.4) is 0 Å². The van der Waals surface area contributed by atoms with Crippen LogP contribution in [0.5, 0.6) is 0 Å². The second-order valence-electron chi connectivity index (χ2n) is 9.06. The average molecular weight is 497 g/mol. The number of likely N-dealkylation sites (tertiary alicyclic amines) is 1. The number of carbonyl (C=O) groups excluding carboxylic acids is 1. The number of aromatic nitrogens is 2. The lowest BCUT2D eigenvalue weighted by Crippen LogP contribution is -2.40. The topological polar surface area (TPSA) is 76.5 Å². The molecule has 1 fully saturated rings. The van der Waals surface area contributed by atoms with Crippen molar-refractivity contribution in [2.45, 2.75) is 38.1 Å². The summed E-state index contributed by atoms with van der Waals surface area (Å²) < 4.78 is 6.71. The van der Waals surface area contributed by atoms with Gasteiger partial charge in [0.05, 0.1) is 17.1 Å². The van der Waals surface area contributed by atoms with Crippen molar-refractivity contribution in [3.8, 4) is 0 Å². The molecule has 2 heterocycles. The predicted octanol–water partition coefficient (Wildman–Crippen LogP) is 3.82. The van der Waals surface area contributed by atoms with E-state index in [0.29, 0.717) is 36.4 Å². The van der Waals surface area contributed by atoms with Crippen LogP contribution in [0.2, 0.25) is 5.02 Å². The minimum Gasteiger partial charge on any atom is -0.385 e. The fourth-order valence-electron chi connectivity index (χ4n) is 4.63. The zero-order chi connectivity index (χ0) is 24.6. The Morgan fingerprint density at radius 3 is 2.54 bits per heavy atom. The Bertz CT molecular complexity index is 1190. The maximum absolute atomic E-state index is 13.3. The Kier molecular flexibility index (Phi) is 8.90. The van der Waals surface area contributed by atoms with Gasteiger partial charge in [-0.05, 0) is 43.0 Å². The van der Waals surface area contributed by atoms with Gasteiger partial charge < -0.3 is 15.0 Å². The number of carbonyl (C=O) groups is 1. The number of nitrogens with one attached hydrogen (secondary N) is 1. The molecule has 0 unspecified atom stereocenters. The number of halogens is 1. The van der Waals surface area contributed by atoms with Gasteiger partial charge in [-0.1, -0.05) is 41.9 Å². The Balaban J connectivity index is 1.42. The first kappa shape index (κ1) is 25.4. The molecule has 0 saturated carbocycles. The fraction of sp³-hybridized carbons (Fsp3) is 0.444. The lowest BCUT2D eigenvalue weighted by molar-refractivity contribution is -0.121. The largest absolute Gasteiger partial charge is 0.385 e. The summed E-state index contributed by atoms with van der Waals surface area (Å²) in [6, 6.07) is 15.5. The maximum Gasteiger partial charge on any atom is 0.274 e. The summed E-state index contributed by atoms with van der Waals surface area (Å²) in [6.45, 7) is 3.70. The molecule has 0 bridgehead atoms. The van der Waals surface area contributed by atoms with Gasteiger partial charge >= 0.3 is 0 Å². The standard InChI is InChI=1S/C27H33ClN4O3/c1-35-18-4-14-29-26(33)13-17-31-15-11-22(12-16-31)32-27(34)24-6-3-2-5-23(24)25(30-32)19-20-7-9-21(28)10-8-20/h2-3,5-10,22H,4,11-19H2,1H3,(H,29,33). The number of fused-ring (bicyclic) bond motifs is 1. The molecular weight excluding hydrogens is 464 g/mol. The highest BCUT2D eigenvalue weighted by atomic mass is 35.5. The molecule has 7 nitrogen and oxygen atoms in total. The molecule has 186 valence electrons. The van der Waals surface area contributed by atoms with E-state index < -0.39 is 0 Å². The van der Waals surface area contributed by atoms with Crippen LogP contribution < -0.4 is 10.9 Å². The minimum absolute atomic E-state index is 0.0330. The Morgan fingerprint density at radius 2 is 1.83 bits per heavy atom. The van der Waals surface area contributed by atoms with E-state index in [1.54, 1.807) is 11.8 Å². The van der Waals surface area contributed by atoms with E-state index in [-0.39, 0.29) is 17.5 Å². The molecule has 0 atom stereocenters. The second kappa shape index (κ2) is 12.3. The third kappa shape index (κ3) is 6.69. The van der Waals surface area contributed by atoms with Crippen molar-refractivity contribution in [2.75, 3.05) is 39.9 Å². The molecule has 8 heteroatoms. The van der Waals surface area contributed by atoms with Crippen molar-refractivity contribution in [1.82, 2.24) is 20.0 Å². The van der Waals surface area contributed by atoms with Gasteiger partial charge in [-0.15, -0.1) is 0 Å². The Hall–Kier alpha value is -2.74. The third-order valence-corrected chi connectivity index (χ3v) is 6.85. The van der Waals surface area contributed by atoms with Crippen molar-refractivity contribution < 1.29 is 9.53 Å². The van der Waals surface area contributed by atoms with Crippen LogP contribution in [-0.2, 0) is 16.0 Å². The van der Waals surface area contributed by atoms with Crippen molar-refractivity contribution in [2.24, 2.45) is 0 Å². The first-order chi connectivity index (χ1) is 17.0. The maximum atomic E-state index is 13.3. The van der Waals surface area contributed by atoms with Gasteiger partial charge in [0.15, 0.2) is 0 Å². The molecule has 1 aromatic heterocycles. The number of piperidine rings is 1. The van der Waals surface area contributed by atoms with Crippen LogP contribution in [-0.4, -0.2) is 60.5 Å². The van der Waals surface area contributed by atoms with Gasteiger partial charge in [0.25, 0.3) is 5.56 Å². The molecular formula is C27H33ClN4O3. The summed E-state index contributed by atoms with van der Waals surface area (Å²) in [7, 11) is 1.66. The smallest absolute Gasteiger partial charge is 0.274 e. The normalized spacial score (nSPS) is 14.9. The van der Waals surface area contributed by atoms with Gasteiger partial charge in [0.2, 0.25) is 5.91 Å². The first-order valence-electron chi connectivity index (χ1n) is 12.3. The molecule has 2 aromatic carbocycles. The molecule has 1 aliphatic rings. The molecule has 0 spiro atoms. The number of ether oxygens (including phenoxy) is 1. The van der Waals surface area contributed by atoms with Gasteiger partial charge in [0, 0.05) is 63.1 Å². The van der Waals surface area contributed by atoms with E-state index in [1.807, 2.05) is 48.5 Å². The minimum atomic E-state index is -0.0330. The molecule has 0 aliphatic carbocycles. The fourth-order valence-corrected chi connectivity index (χ4v) is 4.75. The lowest BCUT2D eigenvalue weighted by Gasteiger charge is -2.32. The van der Waals surface area contributed by atoms with Crippen LogP contribution in [0.4, 0.5) is 0 Å². The average Bonchev–Trinajstić information content (AvgIpc) is 2.89. The van der Waals surface area contributed by atoms with Crippen molar-refractivity contribution >= 4 is 28.3 Å². The first-order valence-corrected chi connectivity index (χ1v) is 12.7. The van der Waals surface area contributed by atoms with Gasteiger partial charge in [0.1, 0.15) is 0 Å². The zero-order valence-corrected chi connectivity index (χ0v) is 21.0. The summed E-state index contributed by atoms with van der Waals surface area (Å²) in [6.07, 6.45) is 3.61. The highest BCUT2D eigenvalue weighted by Crippen LogP contribution is 2.24. The molecule has 1 saturated heterocycles. The second-order valence-corrected chi connectivity index (χ2v) is 9.50. The number of benzene rings is 2. The summed E-state index contributed by atoms with van der Waals surface area (Å²) in [5, 5.41) is 10.1. The van der Waals surface area contributed by atoms with Crippen LogP contribution >= 0.6 is 11.6 Å². The molecule has 3 aromatic rings. The van der Waals surface area contributed by atoms with Crippen LogP contribution in [0.1, 0.15) is 43.0 Å². The summed E-state index contributed by atoms with van der Waals surface area (Å²) in [4.78, 5) is 27.7. The highest BCUT2D eigenvalue weighted by molar-refractivity contribution is 6.30. The summed E-state index contributed by atoms with van der Waals surface area (Å²) >= 11 is 6.05. The quantitative estimate of drug-likeness (QED) is 0.432. The molecule has 1 N–H and O–H groups in total. The number of rotatable bonds is 10. The van der Waals surface area contributed by atoms with Crippen molar-refractivity contribution in [1.29, 1.82) is 0 Å². The number of nitrogens with zero attached hydrogens (tertiary/aromatic N) is 3. The van der Waals surface area contributed by atoms with Gasteiger partial charge in [-0.3, -0.25) is 9.59 Å². The number of amides is 1. The van der Waals surface area contributed by atoms with Gasteiger partial charge in [-0.2, -0.15) is 5.10 Å². The molecule has 1 amide bonds. The van der Waals surface area contributed by atoms with E-state index in [0.717, 1.165) is 55.5 Å². The molecule has 1 aliphatic heterocycles. The monoisotopic (exact) mass is 496 g/mol. The number of hydrogen-bond donors (Lipinski definition) is 1. The Morgan fingerprint density at radius 1 is 1.11 bits per heavy atom. The predicted molar refractivity (Wildman–Crippen MR) is 139 cm³/mol. The van der Waals surface area contributed by atoms with Crippen LogP contribution in [0.25, 0.3) is 10.8 Å². The van der Waals surface area contributed by atoms with Crippen molar-refractivity contribution in [3.05, 3.63) is 75.2 Å². The molecule has 35 heavy (non-hydrogen) atoms. The SMILES string of the molecule is COCCCNC(=O)CCN1CCC(n2nc(Cc3ccc(Cl)cc3)c3ccccc3c2=O)CC1. The van der Waals surface area contributed by atoms with Crippen molar-refractivity contribution in [3.63, 3.8) is 0 Å². The molecule has 0 radical (unpaired) electrons. The van der Waals surface area contributed by atoms with Gasteiger partial charge in [-0.25, -0.2) is 4.68 Å². The number of methoxy groups -OCH3 is 1. The third-order valence-electron chi connectivity index (χ3n) is 6.60. The summed E-state index contributed by atoms with van der Waals surface area (Å²) in [5.74, 6) is 0.0717. The molecule has 4 rings (SSSR count). The van der Waals surface area contributed by atoms with E-state index in [9.17, 15) is 9.59 Å². The van der Waals surface area contributed by atoms with E-state index in [4.69, 9.17) is 21.4 Å². The Labute approximate surface area is 211 Å². The van der Waals surface area contributed by atoms with Crippen LogP contribution in [0.15, 0.2) is 53.3 Å². The van der Waals surface area contributed by atoms with E-state index >= 15 is 0 Å². The highest BCUT2D eigenvalue weighted by Gasteiger charge is 2.24. The zero-order valence-electron chi connectivity index (χ0n) is 20.2.